The number of nitrogens with zero attached hydrogens (tertiary/aromatic N) is 5. The molecule has 4 rings (SSSR count). The van der Waals surface area contributed by atoms with E-state index in [1.54, 1.807) is 32.2 Å². The monoisotopic (exact) mass is 497 g/mol. The number of hydrogen-bond donors (Lipinski definition) is 4. The van der Waals surface area contributed by atoms with Gasteiger partial charge in [0, 0.05) is 7.05 Å². The molecule has 0 radical (unpaired) electrons. The number of carbonyl (C=O) groups excluding carboxylic acids is 2. The van der Waals surface area contributed by atoms with Gasteiger partial charge in [-0.05, 0) is 38.1 Å². The number of anilines is 1. The first kappa shape index (κ1) is 24.4. The lowest BCUT2D eigenvalue weighted by molar-refractivity contribution is 0.102. The SMILES string of the molecule is Cc1cc(C(=O)Nc2ccc(C3=C(NC(=O)O[C@H](C)c4cc(F)cnc4F)N(C)NN3)nc2)cnn1. The van der Waals surface area contributed by atoms with Crippen molar-refractivity contribution in [2.24, 2.45) is 0 Å². The number of aryl methyl sites for hydroxylation is 1. The summed E-state index contributed by atoms with van der Waals surface area (Å²) < 4.78 is 32.5. The third kappa shape index (κ3) is 5.50. The van der Waals surface area contributed by atoms with Crippen LogP contribution in [0.2, 0.25) is 0 Å². The summed E-state index contributed by atoms with van der Waals surface area (Å²) in [6.07, 6.45) is 1.51. The topological polar surface area (TPSA) is 146 Å². The number of pyridine rings is 2. The molecule has 1 atom stereocenters. The zero-order chi connectivity index (χ0) is 25.8. The molecule has 1 aliphatic heterocycles. The molecule has 186 valence electrons. The van der Waals surface area contributed by atoms with E-state index in [-0.39, 0.29) is 17.3 Å². The largest absolute Gasteiger partial charge is 0.441 e. The van der Waals surface area contributed by atoms with Gasteiger partial charge in [-0.25, -0.2) is 14.2 Å². The summed E-state index contributed by atoms with van der Waals surface area (Å²) in [7, 11) is 1.62. The molecule has 0 fully saturated rings. The number of halogens is 2. The lowest BCUT2D eigenvalue weighted by Gasteiger charge is -2.18. The van der Waals surface area contributed by atoms with E-state index in [4.69, 9.17) is 4.74 Å². The second kappa shape index (κ2) is 10.3. The molecular formula is C22H21F2N9O3. The number of ether oxygens (including phenoxy) is 1. The van der Waals surface area contributed by atoms with Gasteiger partial charge in [-0.2, -0.15) is 14.6 Å². The Morgan fingerprint density at radius 1 is 1.11 bits per heavy atom. The van der Waals surface area contributed by atoms with Crippen molar-refractivity contribution in [3.05, 3.63) is 83.0 Å². The standard InChI is InChI=1S/C22H21F2N9O3/c1-11-6-13(8-27-30-11)21(34)28-15-4-5-17(25-10-15)18-20(33(3)32-31-18)29-22(35)36-12(2)16-7-14(23)9-26-19(16)24/h4-10,12,31-32H,1-3H3,(H,28,34)(H,29,35)/t12-/m1/s1. The highest BCUT2D eigenvalue weighted by Crippen LogP contribution is 2.22. The van der Waals surface area contributed by atoms with Crippen LogP contribution in [-0.2, 0) is 4.74 Å². The highest BCUT2D eigenvalue weighted by Gasteiger charge is 2.25. The van der Waals surface area contributed by atoms with Crippen molar-refractivity contribution in [1.29, 1.82) is 0 Å². The van der Waals surface area contributed by atoms with Gasteiger partial charge >= 0.3 is 6.09 Å². The zero-order valence-corrected chi connectivity index (χ0v) is 19.3. The third-order valence-electron chi connectivity index (χ3n) is 5.01. The second-order valence-corrected chi connectivity index (χ2v) is 7.70. The number of aromatic nitrogens is 4. The summed E-state index contributed by atoms with van der Waals surface area (Å²) >= 11 is 0. The van der Waals surface area contributed by atoms with Crippen LogP contribution in [0.25, 0.3) is 5.70 Å². The summed E-state index contributed by atoms with van der Waals surface area (Å²) in [5, 5.41) is 14.3. The van der Waals surface area contributed by atoms with Crippen LogP contribution < -0.4 is 21.6 Å². The molecule has 1 aliphatic rings. The van der Waals surface area contributed by atoms with Crippen molar-refractivity contribution >= 4 is 23.4 Å². The van der Waals surface area contributed by atoms with Crippen molar-refractivity contribution in [1.82, 2.24) is 41.5 Å². The van der Waals surface area contributed by atoms with Crippen LogP contribution in [0, 0.1) is 18.7 Å². The summed E-state index contributed by atoms with van der Waals surface area (Å²) in [4.78, 5) is 32.5. The Morgan fingerprint density at radius 2 is 1.92 bits per heavy atom. The van der Waals surface area contributed by atoms with Crippen LogP contribution in [0.15, 0.2) is 48.7 Å². The summed E-state index contributed by atoms with van der Waals surface area (Å²) in [6, 6.07) is 5.77. The second-order valence-electron chi connectivity index (χ2n) is 7.70. The Hall–Kier alpha value is -4.72. The fraction of sp³-hybridized carbons (Fsp3) is 0.182. The molecular weight excluding hydrogens is 476 g/mol. The summed E-state index contributed by atoms with van der Waals surface area (Å²) in [5.74, 6) is -1.81. The van der Waals surface area contributed by atoms with E-state index in [0.717, 1.165) is 12.3 Å². The predicted molar refractivity (Wildman–Crippen MR) is 122 cm³/mol. The molecule has 4 heterocycles. The third-order valence-corrected chi connectivity index (χ3v) is 5.01. The Bertz CT molecular complexity index is 1330. The number of carbonyl (C=O) groups is 2. The fourth-order valence-electron chi connectivity index (χ4n) is 3.24. The molecule has 36 heavy (non-hydrogen) atoms. The Kier molecular flexibility index (Phi) is 6.96. The molecule has 0 spiro atoms. The summed E-state index contributed by atoms with van der Waals surface area (Å²) in [6.45, 7) is 3.12. The van der Waals surface area contributed by atoms with E-state index < -0.39 is 24.0 Å². The molecule has 0 aliphatic carbocycles. The number of hydrogen-bond acceptors (Lipinski definition) is 10. The number of amides is 2. The molecule has 3 aromatic rings. The number of hydrazine groups is 2. The van der Waals surface area contributed by atoms with Crippen LogP contribution in [0.5, 0.6) is 0 Å². The van der Waals surface area contributed by atoms with E-state index in [1.807, 2.05) is 0 Å². The molecule has 0 unspecified atom stereocenters. The van der Waals surface area contributed by atoms with E-state index in [9.17, 15) is 18.4 Å². The smallest absolute Gasteiger partial charge is 0.413 e. The normalized spacial score (nSPS) is 13.8. The number of alkyl carbamates (subject to hydrolysis) is 1. The average Bonchev–Trinajstić information content (AvgIpc) is 3.20. The first-order valence-electron chi connectivity index (χ1n) is 10.6. The van der Waals surface area contributed by atoms with Crippen molar-refractivity contribution in [2.75, 3.05) is 12.4 Å². The Balaban J connectivity index is 1.45. The quantitative estimate of drug-likeness (QED) is 0.374. The van der Waals surface area contributed by atoms with Gasteiger partial charge in [0.2, 0.25) is 5.95 Å². The molecule has 2 amide bonds. The Morgan fingerprint density at radius 3 is 2.64 bits per heavy atom. The van der Waals surface area contributed by atoms with Crippen molar-refractivity contribution in [2.45, 2.75) is 20.0 Å². The molecule has 3 aromatic heterocycles. The first-order valence-corrected chi connectivity index (χ1v) is 10.6. The minimum Gasteiger partial charge on any atom is -0.441 e. The lowest BCUT2D eigenvalue weighted by Crippen LogP contribution is -2.39. The molecule has 14 heteroatoms. The van der Waals surface area contributed by atoms with Gasteiger partial charge in [-0.3, -0.25) is 25.5 Å². The maximum Gasteiger partial charge on any atom is 0.413 e. The summed E-state index contributed by atoms with van der Waals surface area (Å²) in [5.41, 5.74) is 7.69. The van der Waals surface area contributed by atoms with E-state index in [2.05, 4.69) is 41.8 Å². The Labute approximate surface area is 203 Å². The first-order chi connectivity index (χ1) is 17.2. The van der Waals surface area contributed by atoms with Gasteiger partial charge in [-0.15, -0.1) is 5.53 Å². The fourth-order valence-corrected chi connectivity index (χ4v) is 3.24. The van der Waals surface area contributed by atoms with Crippen LogP contribution >= 0.6 is 0 Å². The van der Waals surface area contributed by atoms with Gasteiger partial charge in [0.15, 0.2) is 5.82 Å². The average molecular weight is 497 g/mol. The highest BCUT2D eigenvalue weighted by molar-refractivity contribution is 6.04. The van der Waals surface area contributed by atoms with Crippen LogP contribution in [0.1, 0.15) is 40.3 Å². The number of nitrogens with one attached hydrogen (secondary N) is 4. The van der Waals surface area contributed by atoms with Crippen molar-refractivity contribution in [3.63, 3.8) is 0 Å². The minimum absolute atomic E-state index is 0.201. The molecule has 12 nitrogen and oxygen atoms in total. The molecule has 0 saturated heterocycles. The highest BCUT2D eigenvalue weighted by atomic mass is 19.1. The molecule has 0 bridgehead atoms. The van der Waals surface area contributed by atoms with Gasteiger partial charge < -0.3 is 10.1 Å². The van der Waals surface area contributed by atoms with Gasteiger partial charge in [0.05, 0.1) is 46.8 Å². The maximum atomic E-state index is 13.9. The molecule has 4 N–H and O–H groups in total. The lowest BCUT2D eigenvalue weighted by atomic mass is 10.2. The minimum atomic E-state index is -1.11. The zero-order valence-electron chi connectivity index (χ0n) is 19.3. The van der Waals surface area contributed by atoms with E-state index in [1.165, 1.54) is 24.3 Å². The number of rotatable bonds is 6. The predicted octanol–water partition coefficient (Wildman–Crippen LogP) is 2.17. The van der Waals surface area contributed by atoms with Crippen molar-refractivity contribution < 1.29 is 23.1 Å². The van der Waals surface area contributed by atoms with Gasteiger partial charge in [-0.1, -0.05) is 0 Å². The molecule has 0 aromatic carbocycles. The van der Waals surface area contributed by atoms with Crippen molar-refractivity contribution in [3.8, 4) is 0 Å². The van der Waals surface area contributed by atoms with Crippen LogP contribution in [0.4, 0.5) is 19.3 Å². The van der Waals surface area contributed by atoms with E-state index in [0.29, 0.717) is 28.3 Å². The van der Waals surface area contributed by atoms with Crippen LogP contribution in [-0.4, -0.2) is 44.2 Å². The van der Waals surface area contributed by atoms with Gasteiger partial charge in [0.25, 0.3) is 5.91 Å². The molecule has 0 saturated carbocycles. The van der Waals surface area contributed by atoms with Gasteiger partial charge in [0.1, 0.15) is 17.6 Å². The van der Waals surface area contributed by atoms with E-state index >= 15 is 0 Å². The maximum absolute atomic E-state index is 13.9. The van der Waals surface area contributed by atoms with Crippen LogP contribution in [0.3, 0.4) is 0 Å².